The van der Waals surface area contributed by atoms with E-state index in [4.69, 9.17) is 0 Å². The van der Waals surface area contributed by atoms with Gasteiger partial charge in [-0.25, -0.2) is 4.39 Å². The molecule has 76 valence electrons. The van der Waals surface area contributed by atoms with Gasteiger partial charge < -0.3 is 5.11 Å². The molecule has 0 aliphatic carbocycles. The second kappa shape index (κ2) is 3.83. The van der Waals surface area contributed by atoms with Crippen LogP contribution in [0.15, 0.2) is 22.7 Å². The minimum Gasteiger partial charge on any atom is -0.384 e. The van der Waals surface area contributed by atoms with Crippen LogP contribution in [0.25, 0.3) is 0 Å². The lowest BCUT2D eigenvalue weighted by Crippen LogP contribution is -2.26. The van der Waals surface area contributed by atoms with Crippen molar-refractivity contribution < 1.29 is 9.50 Å². The summed E-state index contributed by atoms with van der Waals surface area (Å²) in [5.74, 6) is 1.15. The van der Waals surface area contributed by atoms with Crippen LogP contribution in [0, 0.1) is 5.82 Å². The zero-order chi connectivity index (χ0) is 10.2. The Morgan fingerprint density at radius 2 is 2.29 bits per heavy atom. The number of hydrogen-bond donors (Lipinski definition) is 1. The van der Waals surface area contributed by atoms with Gasteiger partial charge in [-0.1, -0.05) is 15.9 Å². The van der Waals surface area contributed by atoms with E-state index < -0.39 is 5.60 Å². The molecule has 0 spiro atoms. The first kappa shape index (κ1) is 10.5. The summed E-state index contributed by atoms with van der Waals surface area (Å²) in [4.78, 5) is 0. The molecule has 4 heteroatoms. The first-order chi connectivity index (χ1) is 6.62. The molecule has 1 saturated heterocycles. The fourth-order valence-electron chi connectivity index (χ4n) is 1.62. The van der Waals surface area contributed by atoms with Crippen molar-refractivity contribution in [3.05, 3.63) is 34.1 Å². The molecule has 1 aromatic carbocycles. The van der Waals surface area contributed by atoms with E-state index in [9.17, 15) is 9.50 Å². The van der Waals surface area contributed by atoms with Crippen LogP contribution in [-0.4, -0.2) is 16.6 Å². The van der Waals surface area contributed by atoms with Crippen LogP contribution in [0.1, 0.15) is 12.0 Å². The molecule has 1 aliphatic rings. The van der Waals surface area contributed by atoms with Crippen LogP contribution in [0.4, 0.5) is 4.39 Å². The largest absolute Gasteiger partial charge is 0.384 e. The van der Waals surface area contributed by atoms with Gasteiger partial charge in [-0.05, 0) is 30.4 Å². The van der Waals surface area contributed by atoms with E-state index in [0.29, 0.717) is 17.7 Å². The summed E-state index contributed by atoms with van der Waals surface area (Å²) < 4.78 is 14.3. The molecule has 1 aliphatic heterocycles. The molecule has 0 amide bonds. The van der Waals surface area contributed by atoms with Gasteiger partial charge in [0.15, 0.2) is 0 Å². The van der Waals surface area contributed by atoms with Crippen molar-refractivity contribution in [1.82, 2.24) is 0 Å². The first-order valence-electron chi connectivity index (χ1n) is 4.37. The number of rotatable bonds is 1. The van der Waals surface area contributed by atoms with E-state index >= 15 is 0 Å². The molecule has 0 aromatic heterocycles. The SMILES string of the molecule is OC1(c2cc(Br)ccc2F)CCSC1. The van der Waals surface area contributed by atoms with Gasteiger partial charge in [-0.2, -0.15) is 11.8 Å². The molecule has 0 bridgehead atoms. The van der Waals surface area contributed by atoms with Crippen molar-refractivity contribution in [3.63, 3.8) is 0 Å². The normalized spacial score (nSPS) is 26.8. The summed E-state index contributed by atoms with van der Waals surface area (Å²) in [6, 6.07) is 4.70. The number of thioether (sulfide) groups is 1. The Bertz CT molecular complexity index is 350. The van der Waals surface area contributed by atoms with E-state index in [1.54, 1.807) is 23.9 Å². The second-order valence-corrected chi connectivity index (χ2v) is 5.48. The summed E-state index contributed by atoms with van der Waals surface area (Å²) in [6.45, 7) is 0. The van der Waals surface area contributed by atoms with Gasteiger partial charge in [0.1, 0.15) is 11.4 Å². The monoisotopic (exact) mass is 276 g/mol. The number of hydrogen-bond acceptors (Lipinski definition) is 2. The zero-order valence-corrected chi connectivity index (χ0v) is 9.87. The maximum Gasteiger partial charge on any atom is 0.129 e. The van der Waals surface area contributed by atoms with Gasteiger partial charge in [0.2, 0.25) is 0 Å². The number of halogens is 2. The molecule has 1 aromatic rings. The van der Waals surface area contributed by atoms with Crippen molar-refractivity contribution >= 4 is 27.7 Å². The van der Waals surface area contributed by atoms with Crippen molar-refractivity contribution in [2.24, 2.45) is 0 Å². The van der Waals surface area contributed by atoms with Crippen LogP contribution < -0.4 is 0 Å². The summed E-state index contributed by atoms with van der Waals surface area (Å²) in [5, 5.41) is 10.2. The minimum absolute atomic E-state index is 0.321. The van der Waals surface area contributed by atoms with Crippen molar-refractivity contribution in [2.75, 3.05) is 11.5 Å². The standard InChI is InChI=1S/C10H10BrFOS/c11-7-1-2-9(12)8(5-7)10(13)3-4-14-6-10/h1-2,5,13H,3-4,6H2. The quantitative estimate of drug-likeness (QED) is 0.851. The van der Waals surface area contributed by atoms with Crippen LogP contribution >= 0.6 is 27.7 Å². The zero-order valence-electron chi connectivity index (χ0n) is 7.46. The Balaban J connectivity index is 2.44. The van der Waals surface area contributed by atoms with Gasteiger partial charge >= 0.3 is 0 Å². The number of benzene rings is 1. The Morgan fingerprint density at radius 3 is 2.93 bits per heavy atom. The average molecular weight is 277 g/mol. The third-order valence-corrected chi connectivity index (χ3v) is 4.10. The highest BCUT2D eigenvalue weighted by atomic mass is 79.9. The van der Waals surface area contributed by atoms with Gasteiger partial charge in [-0.3, -0.25) is 0 Å². The van der Waals surface area contributed by atoms with Crippen molar-refractivity contribution in [2.45, 2.75) is 12.0 Å². The minimum atomic E-state index is -0.974. The van der Waals surface area contributed by atoms with Crippen molar-refractivity contribution in [1.29, 1.82) is 0 Å². The summed E-state index contributed by atoms with van der Waals surface area (Å²) in [5.41, 5.74) is -0.560. The molecule has 2 rings (SSSR count). The Hall–Kier alpha value is -0.0600. The molecular formula is C10H10BrFOS. The van der Waals surface area contributed by atoms with E-state index in [0.717, 1.165) is 10.2 Å². The lowest BCUT2D eigenvalue weighted by Gasteiger charge is -2.22. The van der Waals surface area contributed by atoms with E-state index in [1.807, 2.05) is 0 Å². The second-order valence-electron chi connectivity index (χ2n) is 3.46. The maximum atomic E-state index is 13.5. The smallest absolute Gasteiger partial charge is 0.129 e. The van der Waals surface area contributed by atoms with Crippen LogP contribution in [0.5, 0.6) is 0 Å². The molecule has 1 N–H and O–H groups in total. The van der Waals surface area contributed by atoms with Gasteiger partial charge in [0, 0.05) is 15.8 Å². The van der Waals surface area contributed by atoms with E-state index in [1.165, 1.54) is 6.07 Å². The van der Waals surface area contributed by atoms with Gasteiger partial charge in [0.25, 0.3) is 0 Å². The molecule has 1 atom stereocenters. The van der Waals surface area contributed by atoms with Crippen LogP contribution in [-0.2, 0) is 5.60 Å². The molecule has 0 radical (unpaired) electrons. The Labute approximate surface area is 94.8 Å². The molecule has 1 fully saturated rings. The fraction of sp³-hybridized carbons (Fsp3) is 0.400. The van der Waals surface area contributed by atoms with Crippen LogP contribution in [0.3, 0.4) is 0 Å². The lowest BCUT2D eigenvalue weighted by molar-refractivity contribution is 0.0618. The summed E-state index contributed by atoms with van der Waals surface area (Å²) in [6.07, 6.45) is 0.630. The molecule has 0 saturated carbocycles. The topological polar surface area (TPSA) is 20.2 Å². The van der Waals surface area contributed by atoms with E-state index in [-0.39, 0.29) is 5.82 Å². The molecule has 14 heavy (non-hydrogen) atoms. The molecule has 1 unspecified atom stereocenters. The Kier molecular flexibility index (Phi) is 2.86. The maximum absolute atomic E-state index is 13.5. The summed E-state index contributed by atoms with van der Waals surface area (Å²) in [7, 11) is 0. The lowest BCUT2D eigenvalue weighted by atomic mass is 9.93. The van der Waals surface area contributed by atoms with Crippen molar-refractivity contribution in [3.8, 4) is 0 Å². The van der Waals surface area contributed by atoms with Gasteiger partial charge in [-0.15, -0.1) is 0 Å². The number of aliphatic hydroxyl groups is 1. The Morgan fingerprint density at radius 1 is 1.50 bits per heavy atom. The average Bonchev–Trinajstić information content (AvgIpc) is 2.58. The molecule has 1 heterocycles. The van der Waals surface area contributed by atoms with Gasteiger partial charge in [0.05, 0.1) is 0 Å². The highest BCUT2D eigenvalue weighted by Crippen LogP contribution is 2.38. The molecular weight excluding hydrogens is 267 g/mol. The third-order valence-electron chi connectivity index (χ3n) is 2.43. The van der Waals surface area contributed by atoms with E-state index in [2.05, 4.69) is 15.9 Å². The highest BCUT2D eigenvalue weighted by Gasteiger charge is 2.35. The first-order valence-corrected chi connectivity index (χ1v) is 6.32. The predicted molar refractivity (Wildman–Crippen MR) is 59.9 cm³/mol. The highest BCUT2D eigenvalue weighted by molar-refractivity contribution is 9.10. The van der Waals surface area contributed by atoms with Crippen LogP contribution in [0.2, 0.25) is 0 Å². The fourth-order valence-corrected chi connectivity index (χ4v) is 3.25. The predicted octanol–water partition coefficient (Wildman–Crippen LogP) is 2.91. The molecule has 1 nitrogen and oxygen atoms in total. The third kappa shape index (κ3) is 1.83. The summed E-state index contributed by atoms with van der Waals surface area (Å²) >= 11 is 4.94.